The van der Waals surface area contributed by atoms with Crippen molar-refractivity contribution >= 4 is 23.6 Å². The Morgan fingerprint density at radius 3 is 1.61 bits per heavy atom. The molecule has 0 unspecified atom stereocenters. The van der Waals surface area contributed by atoms with Gasteiger partial charge in [-0.05, 0) is 16.7 Å². The third-order valence-corrected chi connectivity index (χ3v) is 6.34. The van der Waals surface area contributed by atoms with Crippen molar-refractivity contribution in [2.45, 2.75) is 4.75 Å². The van der Waals surface area contributed by atoms with Crippen LogP contribution in [0.5, 0.6) is 0 Å². The van der Waals surface area contributed by atoms with Crippen LogP contribution < -0.4 is 10.6 Å². The highest BCUT2D eigenvalue weighted by atomic mass is 32.2. The van der Waals surface area contributed by atoms with Crippen molar-refractivity contribution < 1.29 is 9.59 Å². The van der Waals surface area contributed by atoms with Crippen molar-refractivity contribution in [3.63, 3.8) is 0 Å². The van der Waals surface area contributed by atoms with Gasteiger partial charge in [-0.3, -0.25) is 9.59 Å². The monoisotopic (exact) mass is 428 g/mol. The van der Waals surface area contributed by atoms with E-state index in [4.69, 9.17) is 6.42 Å². The lowest BCUT2D eigenvalue weighted by molar-refractivity contribution is -0.124. The first kappa shape index (κ1) is 22.2. The summed E-state index contributed by atoms with van der Waals surface area (Å²) in [7, 11) is 0. The molecule has 3 aromatic carbocycles. The number of carbonyl (C=O) groups is 2. The molecule has 3 rings (SSSR count). The first-order chi connectivity index (χ1) is 15.2. The molecule has 5 heteroatoms. The molecule has 0 saturated heterocycles. The fourth-order valence-electron chi connectivity index (χ4n) is 3.38. The quantitative estimate of drug-likeness (QED) is 0.405. The molecule has 31 heavy (non-hydrogen) atoms. The zero-order chi connectivity index (χ0) is 21.9. The number of thioether (sulfide) groups is 1. The molecule has 0 bridgehead atoms. The molecule has 0 spiro atoms. The predicted octanol–water partition coefficient (Wildman–Crippen LogP) is 3.58. The summed E-state index contributed by atoms with van der Waals surface area (Å²) in [6.45, 7) is 0.0403. The molecule has 156 valence electrons. The summed E-state index contributed by atoms with van der Waals surface area (Å²) in [6, 6.07) is 30.5. The van der Waals surface area contributed by atoms with E-state index < -0.39 is 4.75 Å². The van der Waals surface area contributed by atoms with Gasteiger partial charge in [0.2, 0.25) is 11.8 Å². The molecule has 0 heterocycles. The summed E-state index contributed by atoms with van der Waals surface area (Å²) in [6.07, 6.45) is 5.14. The second kappa shape index (κ2) is 11.1. The Bertz CT molecular complexity index is 935. The van der Waals surface area contributed by atoms with Crippen LogP contribution >= 0.6 is 11.8 Å². The van der Waals surface area contributed by atoms with E-state index in [1.165, 1.54) is 11.8 Å². The van der Waals surface area contributed by atoms with Gasteiger partial charge in [-0.2, -0.15) is 0 Å². The van der Waals surface area contributed by atoms with Crippen LogP contribution in [0.1, 0.15) is 16.7 Å². The third kappa shape index (κ3) is 5.56. The number of carbonyl (C=O) groups excluding carboxylic acids is 2. The molecule has 0 aliphatic carbocycles. The van der Waals surface area contributed by atoms with Crippen LogP contribution in [0.15, 0.2) is 91.0 Å². The number of hydrogen-bond donors (Lipinski definition) is 2. The van der Waals surface area contributed by atoms with Crippen LogP contribution in [-0.4, -0.2) is 30.7 Å². The number of amides is 2. The largest absolute Gasteiger partial charge is 0.346 e. The van der Waals surface area contributed by atoms with Crippen LogP contribution in [-0.2, 0) is 14.3 Å². The van der Waals surface area contributed by atoms with Crippen molar-refractivity contribution in [1.82, 2.24) is 10.6 Å². The topological polar surface area (TPSA) is 58.2 Å². The minimum atomic E-state index is -0.577. The Labute approximate surface area is 187 Å². The lowest BCUT2D eigenvalue weighted by Crippen LogP contribution is -2.38. The van der Waals surface area contributed by atoms with Gasteiger partial charge >= 0.3 is 0 Å². The molecular weight excluding hydrogens is 404 g/mol. The van der Waals surface area contributed by atoms with E-state index in [-0.39, 0.29) is 30.7 Å². The van der Waals surface area contributed by atoms with Gasteiger partial charge < -0.3 is 10.6 Å². The maximum Gasteiger partial charge on any atom is 0.240 e. The zero-order valence-corrected chi connectivity index (χ0v) is 17.9. The second-order valence-electron chi connectivity index (χ2n) is 6.83. The Morgan fingerprint density at radius 1 is 0.742 bits per heavy atom. The lowest BCUT2D eigenvalue weighted by Gasteiger charge is -2.35. The Morgan fingerprint density at radius 2 is 1.19 bits per heavy atom. The van der Waals surface area contributed by atoms with E-state index >= 15 is 0 Å². The maximum atomic E-state index is 12.6. The van der Waals surface area contributed by atoms with Crippen LogP contribution in [0, 0.1) is 12.3 Å². The first-order valence-corrected chi connectivity index (χ1v) is 10.9. The van der Waals surface area contributed by atoms with Crippen molar-refractivity contribution in [3.05, 3.63) is 108 Å². The summed E-state index contributed by atoms with van der Waals surface area (Å²) < 4.78 is -0.577. The number of terminal acetylenes is 1. The molecule has 0 saturated carbocycles. The summed E-state index contributed by atoms with van der Waals surface area (Å²) in [5.41, 5.74) is 3.24. The molecule has 3 aromatic rings. The highest BCUT2D eigenvalue weighted by Crippen LogP contribution is 2.48. The van der Waals surface area contributed by atoms with Gasteiger partial charge in [0.1, 0.15) is 0 Å². The predicted molar refractivity (Wildman–Crippen MR) is 127 cm³/mol. The van der Waals surface area contributed by atoms with Crippen molar-refractivity contribution in [3.8, 4) is 12.3 Å². The normalized spacial score (nSPS) is 10.7. The molecule has 0 radical (unpaired) electrons. The van der Waals surface area contributed by atoms with E-state index in [1.807, 2.05) is 54.6 Å². The average Bonchev–Trinajstić information content (AvgIpc) is 2.84. The Kier molecular flexibility index (Phi) is 7.91. The fourth-order valence-corrected chi connectivity index (χ4v) is 4.74. The van der Waals surface area contributed by atoms with Gasteiger partial charge in [0.05, 0.1) is 23.6 Å². The second-order valence-corrected chi connectivity index (χ2v) is 8.02. The number of rotatable bonds is 9. The highest BCUT2D eigenvalue weighted by Gasteiger charge is 2.37. The molecule has 2 N–H and O–H groups in total. The smallest absolute Gasteiger partial charge is 0.240 e. The standard InChI is InChI=1S/C26H24N2O2S/c1-2-18-27-24(29)19-28-25(30)20-31-26(21-12-6-3-7-13-21,22-14-8-4-9-15-22)23-16-10-5-11-17-23/h1,3-17H,18-20H2,(H,27,29)(H,28,30). The summed E-state index contributed by atoms with van der Waals surface area (Å²) in [4.78, 5) is 24.4. The van der Waals surface area contributed by atoms with E-state index in [2.05, 4.69) is 53.0 Å². The molecular formula is C26H24N2O2S. The summed E-state index contributed by atoms with van der Waals surface area (Å²) >= 11 is 1.53. The molecule has 0 atom stereocenters. The Balaban J connectivity index is 1.91. The van der Waals surface area contributed by atoms with E-state index in [0.717, 1.165) is 16.7 Å². The van der Waals surface area contributed by atoms with Gasteiger partial charge in [-0.1, -0.05) is 96.9 Å². The molecule has 0 aliphatic rings. The number of nitrogens with one attached hydrogen (secondary N) is 2. The lowest BCUT2D eigenvalue weighted by atomic mass is 9.84. The zero-order valence-electron chi connectivity index (χ0n) is 17.1. The van der Waals surface area contributed by atoms with Crippen molar-refractivity contribution in [2.24, 2.45) is 0 Å². The van der Waals surface area contributed by atoms with E-state index in [0.29, 0.717) is 0 Å². The van der Waals surface area contributed by atoms with Crippen LogP contribution in [0.4, 0.5) is 0 Å². The van der Waals surface area contributed by atoms with E-state index in [1.54, 1.807) is 0 Å². The van der Waals surface area contributed by atoms with Crippen LogP contribution in [0.25, 0.3) is 0 Å². The van der Waals surface area contributed by atoms with Crippen LogP contribution in [0.2, 0.25) is 0 Å². The third-order valence-electron chi connectivity index (χ3n) is 4.79. The van der Waals surface area contributed by atoms with Gasteiger partial charge in [0.15, 0.2) is 0 Å². The first-order valence-electron chi connectivity index (χ1n) is 9.94. The molecule has 0 aromatic heterocycles. The van der Waals surface area contributed by atoms with Crippen LogP contribution in [0.3, 0.4) is 0 Å². The number of benzene rings is 3. The average molecular weight is 429 g/mol. The SMILES string of the molecule is C#CCNC(=O)CNC(=O)CSC(c1ccccc1)(c1ccccc1)c1ccccc1. The minimum absolute atomic E-state index is 0.101. The van der Waals surface area contributed by atoms with Crippen molar-refractivity contribution in [1.29, 1.82) is 0 Å². The van der Waals surface area contributed by atoms with E-state index in [9.17, 15) is 9.59 Å². The molecule has 4 nitrogen and oxygen atoms in total. The number of hydrogen-bond acceptors (Lipinski definition) is 3. The minimum Gasteiger partial charge on any atom is -0.346 e. The molecule has 0 fully saturated rings. The summed E-state index contributed by atoms with van der Waals surface area (Å²) in [5.74, 6) is 2.00. The molecule has 2 amide bonds. The van der Waals surface area contributed by atoms with Gasteiger partial charge in [-0.15, -0.1) is 18.2 Å². The van der Waals surface area contributed by atoms with Crippen molar-refractivity contribution in [2.75, 3.05) is 18.8 Å². The van der Waals surface area contributed by atoms with Gasteiger partial charge in [0, 0.05) is 0 Å². The Hall–Kier alpha value is -3.49. The maximum absolute atomic E-state index is 12.6. The van der Waals surface area contributed by atoms with Gasteiger partial charge in [-0.25, -0.2) is 0 Å². The van der Waals surface area contributed by atoms with Gasteiger partial charge in [0.25, 0.3) is 0 Å². The highest BCUT2D eigenvalue weighted by molar-refractivity contribution is 8.01. The summed E-state index contributed by atoms with van der Waals surface area (Å²) in [5, 5.41) is 5.22. The molecule has 0 aliphatic heterocycles. The fraction of sp³-hybridized carbons (Fsp3) is 0.154.